The van der Waals surface area contributed by atoms with Gasteiger partial charge in [-0.1, -0.05) is 23.2 Å². The first-order chi connectivity index (χ1) is 11.2. The van der Waals surface area contributed by atoms with E-state index in [1.54, 1.807) is 0 Å². The fourth-order valence-electron chi connectivity index (χ4n) is 1.53. The van der Waals surface area contributed by atoms with Gasteiger partial charge in [-0.15, -0.1) is 0 Å². The quantitative estimate of drug-likeness (QED) is 0.552. The van der Waals surface area contributed by atoms with Crippen LogP contribution in [0.15, 0.2) is 18.2 Å². The molecule has 132 valence electrons. The first kappa shape index (κ1) is 19.9. The zero-order valence-electron chi connectivity index (χ0n) is 12.7. The summed E-state index contributed by atoms with van der Waals surface area (Å²) in [5.41, 5.74) is 0. The summed E-state index contributed by atoms with van der Waals surface area (Å²) in [6.07, 6.45) is -3.53. The van der Waals surface area contributed by atoms with Crippen molar-refractivity contribution in [2.45, 2.75) is 26.2 Å². The minimum atomic E-state index is -1.43. The van der Waals surface area contributed by atoms with Gasteiger partial charge in [0.2, 0.25) is 12.4 Å². The van der Waals surface area contributed by atoms with E-state index in [9.17, 15) is 14.4 Å². The third kappa shape index (κ3) is 6.93. The number of carboxylic acid groups (broad SMARTS) is 1. The summed E-state index contributed by atoms with van der Waals surface area (Å²) in [7, 11) is 0. The van der Waals surface area contributed by atoms with Gasteiger partial charge >= 0.3 is 18.0 Å². The maximum absolute atomic E-state index is 11.5. The van der Waals surface area contributed by atoms with Crippen LogP contribution in [0.4, 0.5) is 4.79 Å². The molecule has 0 saturated carbocycles. The minimum Gasteiger partial charge on any atom is -0.478 e. The van der Waals surface area contributed by atoms with E-state index in [2.05, 4.69) is 10.1 Å². The first-order valence-corrected chi connectivity index (χ1v) is 7.41. The lowest BCUT2D eigenvalue weighted by molar-refractivity contribution is -0.162. The van der Waals surface area contributed by atoms with Gasteiger partial charge in [-0.25, -0.2) is 9.59 Å². The van der Waals surface area contributed by atoms with Crippen molar-refractivity contribution in [3.8, 4) is 5.75 Å². The van der Waals surface area contributed by atoms with E-state index in [-0.39, 0.29) is 10.8 Å². The number of hydrogen-bond donors (Lipinski definition) is 2. The summed E-state index contributed by atoms with van der Waals surface area (Å²) in [5.74, 6) is -1.91. The van der Waals surface area contributed by atoms with Gasteiger partial charge < -0.3 is 24.6 Å². The average molecular weight is 380 g/mol. The third-order valence-electron chi connectivity index (χ3n) is 2.47. The summed E-state index contributed by atoms with van der Waals surface area (Å²) in [6.45, 7) is 2.07. The van der Waals surface area contributed by atoms with Crippen LogP contribution in [-0.4, -0.2) is 42.1 Å². The lowest BCUT2D eigenvalue weighted by Gasteiger charge is -2.18. The number of nitrogens with one attached hydrogen (secondary N) is 1. The molecule has 0 unspecified atom stereocenters. The highest BCUT2D eigenvalue weighted by molar-refractivity contribution is 6.34. The van der Waals surface area contributed by atoms with Crippen LogP contribution in [0.5, 0.6) is 5.75 Å². The molecular weight excluding hydrogens is 365 g/mol. The number of aliphatic carboxylic acids is 1. The highest BCUT2D eigenvalue weighted by atomic mass is 35.5. The van der Waals surface area contributed by atoms with Gasteiger partial charge in [0, 0.05) is 24.9 Å². The third-order valence-corrected chi connectivity index (χ3v) is 3.02. The molecule has 0 aliphatic rings. The van der Waals surface area contributed by atoms with Crippen molar-refractivity contribution in [1.82, 2.24) is 5.32 Å². The zero-order chi connectivity index (χ0) is 18.3. The van der Waals surface area contributed by atoms with Gasteiger partial charge in [-0.3, -0.25) is 4.79 Å². The molecule has 0 heterocycles. The molecule has 1 aromatic carbocycles. The molecule has 0 aliphatic heterocycles. The Morgan fingerprint density at radius 3 is 2.50 bits per heavy atom. The Morgan fingerprint density at radius 2 is 1.92 bits per heavy atom. The standard InChI is InChI=1S/C14H15Cl2NO7/c1-7(18)22-8(2)23-14(21)17-6-12(13(19)20)24-11-5-9(15)3-4-10(11)16/h3-5,8,12H,6H2,1-2H3,(H,17,21)(H,19,20)/t8-,12+/m1/s1. The van der Waals surface area contributed by atoms with Crippen LogP contribution >= 0.6 is 23.2 Å². The largest absolute Gasteiger partial charge is 0.478 e. The summed E-state index contributed by atoms with van der Waals surface area (Å²) in [6, 6.07) is 4.31. The number of esters is 1. The molecule has 0 spiro atoms. The highest BCUT2D eigenvalue weighted by Gasteiger charge is 2.23. The molecule has 0 fully saturated rings. The predicted molar refractivity (Wildman–Crippen MR) is 84.2 cm³/mol. The van der Waals surface area contributed by atoms with Gasteiger partial charge in [0.1, 0.15) is 5.75 Å². The Bertz CT molecular complexity index is 623. The smallest absolute Gasteiger partial charge is 0.410 e. The maximum Gasteiger partial charge on any atom is 0.410 e. The van der Waals surface area contributed by atoms with Crippen molar-refractivity contribution < 1.29 is 33.7 Å². The molecule has 1 amide bonds. The molecule has 0 radical (unpaired) electrons. The number of alkyl carbamates (subject to hydrolysis) is 1. The van der Waals surface area contributed by atoms with Gasteiger partial charge in [-0.05, 0) is 12.1 Å². The Labute approximate surface area is 147 Å². The molecular formula is C14H15Cl2NO7. The molecule has 0 aliphatic carbocycles. The van der Waals surface area contributed by atoms with Gasteiger partial charge in [0.25, 0.3) is 0 Å². The topological polar surface area (TPSA) is 111 Å². The number of carboxylic acids is 1. The molecule has 2 atom stereocenters. The van der Waals surface area contributed by atoms with Crippen molar-refractivity contribution in [1.29, 1.82) is 0 Å². The fourth-order valence-corrected chi connectivity index (χ4v) is 1.85. The van der Waals surface area contributed by atoms with Crippen molar-refractivity contribution in [3.05, 3.63) is 28.2 Å². The average Bonchev–Trinajstić information content (AvgIpc) is 2.45. The molecule has 8 nitrogen and oxygen atoms in total. The summed E-state index contributed by atoms with van der Waals surface area (Å²) in [5, 5.41) is 11.8. The number of halogens is 2. The Kier molecular flexibility index (Phi) is 7.60. The van der Waals surface area contributed by atoms with E-state index in [1.807, 2.05) is 0 Å². The number of benzene rings is 1. The summed E-state index contributed by atoms with van der Waals surface area (Å²) >= 11 is 11.7. The van der Waals surface area contributed by atoms with E-state index >= 15 is 0 Å². The van der Waals surface area contributed by atoms with Gasteiger partial charge in [0.05, 0.1) is 11.6 Å². The van der Waals surface area contributed by atoms with Crippen molar-refractivity contribution in [3.63, 3.8) is 0 Å². The van der Waals surface area contributed by atoms with E-state index in [4.69, 9.17) is 37.8 Å². The van der Waals surface area contributed by atoms with Crippen LogP contribution in [0.2, 0.25) is 10.0 Å². The molecule has 24 heavy (non-hydrogen) atoms. The Hall–Kier alpha value is -2.19. The van der Waals surface area contributed by atoms with E-state index in [0.29, 0.717) is 5.02 Å². The normalized spacial score (nSPS) is 12.7. The number of carbonyl (C=O) groups excluding carboxylic acids is 2. The Morgan fingerprint density at radius 1 is 1.25 bits per heavy atom. The highest BCUT2D eigenvalue weighted by Crippen LogP contribution is 2.28. The van der Waals surface area contributed by atoms with Crippen LogP contribution in [0.25, 0.3) is 0 Å². The number of amides is 1. The van der Waals surface area contributed by atoms with Crippen molar-refractivity contribution in [2.24, 2.45) is 0 Å². The van der Waals surface area contributed by atoms with Crippen LogP contribution in [0, 0.1) is 0 Å². The zero-order valence-corrected chi connectivity index (χ0v) is 14.3. The second kappa shape index (κ2) is 9.19. The minimum absolute atomic E-state index is 0.0556. The van der Waals surface area contributed by atoms with Crippen LogP contribution in [0.1, 0.15) is 13.8 Å². The molecule has 0 aromatic heterocycles. The van der Waals surface area contributed by atoms with E-state index < -0.39 is 37.0 Å². The number of hydrogen-bond acceptors (Lipinski definition) is 6. The van der Waals surface area contributed by atoms with E-state index in [1.165, 1.54) is 25.1 Å². The summed E-state index contributed by atoms with van der Waals surface area (Å²) in [4.78, 5) is 33.4. The Balaban J connectivity index is 2.61. The predicted octanol–water partition coefficient (Wildman–Crippen LogP) is 2.46. The first-order valence-electron chi connectivity index (χ1n) is 6.65. The number of ether oxygens (including phenoxy) is 3. The van der Waals surface area contributed by atoms with Crippen molar-refractivity contribution >= 4 is 41.2 Å². The molecule has 1 aromatic rings. The van der Waals surface area contributed by atoms with E-state index in [0.717, 1.165) is 6.92 Å². The van der Waals surface area contributed by atoms with Gasteiger partial charge in [-0.2, -0.15) is 0 Å². The molecule has 1 rings (SSSR count). The lowest BCUT2D eigenvalue weighted by Crippen LogP contribution is -2.41. The monoisotopic (exact) mass is 379 g/mol. The molecule has 2 N–H and O–H groups in total. The number of rotatable bonds is 7. The second-order valence-electron chi connectivity index (χ2n) is 4.48. The van der Waals surface area contributed by atoms with Crippen LogP contribution in [0.3, 0.4) is 0 Å². The second-order valence-corrected chi connectivity index (χ2v) is 5.33. The van der Waals surface area contributed by atoms with Crippen LogP contribution in [-0.2, 0) is 19.1 Å². The summed E-state index contributed by atoms with van der Waals surface area (Å²) < 4.78 is 14.5. The molecule has 10 heteroatoms. The van der Waals surface area contributed by atoms with Crippen molar-refractivity contribution in [2.75, 3.05) is 6.54 Å². The molecule has 0 saturated heterocycles. The number of carbonyl (C=O) groups is 3. The lowest BCUT2D eigenvalue weighted by atomic mass is 10.3. The SMILES string of the molecule is CC(=O)O[C@@H](C)OC(=O)NC[C@H](Oc1cc(Cl)ccc1Cl)C(=O)O. The van der Waals surface area contributed by atoms with Crippen LogP contribution < -0.4 is 10.1 Å². The van der Waals surface area contributed by atoms with Gasteiger partial charge in [0.15, 0.2) is 0 Å². The maximum atomic E-state index is 11.5. The molecule has 0 bridgehead atoms. The fraction of sp³-hybridized carbons (Fsp3) is 0.357.